The number of nitrogens with zero attached hydrogens (tertiary/aromatic N) is 2. The van der Waals surface area contributed by atoms with Gasteiger partial charge in [-0.2, -0.15) is 5.26 Å². The van der Waals surface area contributed by atoms with E-state index in [4.69, 9.17) is 10.00 Å². The number of benzene rings is 1. The topological polar surface area (TPSA) is 56.5 Å². The number of aliphatic hydroxyl groups is 1. The molecule has 0 spiro atoms. The molecule has 0 radical (unpaired) electrons. The van der Waals surface area contributed by atoms with E-state index in [1.54, 1.807) is 7.11 Å². The maximum Gasteiger partial charge on any atom is 0.124 e. The van der Waals surface area contributed by atoms with Gasteiger partial charge in [0, 0.05) is 13.1 Å². The van der Waals surface area contributed by atoms with E-state index in [0.29, 0.717) is 13.1 Å². The lowest BCUT2D eigenvalue weighted by Gasteiger charge is -2.39. The molecule has 0 aromatic heterocycles. The van der Waals surface area contributed by atoms with E-state index in [1.807, 2.05) is 29.2 Å². The summed E-state index contributed by atoms with van der Waals surface area (Å²) in [5, 5.41) is 18.4. The van der Waals surface area contributed by atoms with Crippen LogP contribution in [0.3, 0.4) is 0 Å². The summed E-state index contributed by atoms with van der Waals surface area (Å²) >= 11 is 0. The van der Waals surface area contributed by atoms with Crippen molar-refractivity contribution in [3.63, 3.8) is 0 Å². The highest BCUT2D eigenvalue weighted by Gasteiger charge is 2.31. The van der Waals surface area contributed by atoms with E-state index in [9.17, 15) is 5.11 Å². The van der Waals surface area contributed by atoms with Crippen molar-refractivity contribution < 1.29 is 9.84 Å². The molecule has 16 heavy (non-hydrogen) atoms. The minimum Gasteiger partial charge on any atom is -0.497 e. The summed E-state index contributed by atoms with van der Waals surface area (Å²) in [6.07, 6.45) is -0.290. The number of rotatable bonds is 3. The third kappa shape index (κ3) is 2.01. The van der Waals surface area contributed by atoms with E-state index in [2.05, 4.69) is 6.07 Å². The molecule has 1 N–H and O–H groups in total. The smallest absolute Gasteiger partial charge is 0.124 e. The highest BCUT2D eigenvalue weighted by molar-refractivity contribution is 5.33. The van der Waals surface area contributed by atoms with Crippen LogP contribution in [-0.2, 0) is 0 Å². The molecule has 4 nitrogen and oxygen atoms in total. The van der Waals surface area contributed by atoms with E-state index in [-0.39, 0.29) is 12.1 Å². The normalized spacial score (nSPS) is 18.6. The highest BCUT2D eigenvalue weighted by Crippen LogP contribution is 2.27. The summed E-state index contributed by atoms with van der Waals surface area (Å²) in [6, 6.07) is 9.44. The Kier molecular flexibility index (Phi) is 3.09. The number of methoxy groups -OCH3 is 1. The Labute approximate surface area is 94.7 Å². The number of ether oxygens (including phenoxy) is 1. The first-order valence-electron chi connectivity index (χ1n) is 5.20. The van der Waals surface area contributed by atoms with Gasteiger partial charge in [-0.25, -0.2) is 0 Å². The largest absolute Gasteiger partial charge is 0.497 e. The molecule has 0 bridgehead atoms. The van der Waals surface area contributed by atoms with Crippen molar-refractivity contribution in [2.24, 2.45) is 0 Å². The zero-order valence-electron chi connectivity index (χ0n) is 9.13. The Morgan fingerprint density at radius 1 is 1.56 bits per heavy atom. The molecule has 1 atom stereocenters. The SMILES string of the molecule is COc1cccc([C@@H](C#N)N2CC(O)C2)c1. The molecule has 0 amide bonds. The van der Waals surface area contributed by atoms with Crippen LogP contribution in [0.25, 0.3) is 0 Å². The molecule has 1 aromatic rings. The van der Waals surface area contributed by atoms with Crippen LogP contribution < -0.4 is 4.74 Å². The zero-order chi connectivity index (χ0) is 11.5. The van der Waals surface area contributed by atoms with Crippen LogP contribution in [0.15, 0.2) is 24.3 Å². The molecule has 1 fully saturated rings. The van der Waals surface area contributed by atoms with Crippen LogP contribution in [0.4, 0.5) is 0 Å². The number of nitriles is 1. The van der Waals surface area contributed by atoms with Crippen LogP contribution in [0.1, 0.15) is 11.6 Å². The summed E-state index contributed by atoms with van der Waals surface area (Å²) in [5.41, 5.74) is 0.911. The molecule has 1 aliphatic heterocycles. The minimum absolute atomic E-state index is 0.290. The van der Waals surface area contributed by atoms with Gasteiger partial charge in [-0.15, -0.1) is 0 Å². The molecule has 0 unspecified atom stereocenters. The molecule has 1 heterocycles. The maximum absolute atomic E-state index is 9.23. The van der Waals surface area contributed by atoms with Gasteiger partial charge in [0.25, 0.3) is 0 Å². The lowest BCUT2D eigenvalue weighted by Crippen LogP contribution is -2.51. The third-order valence-corrected chi connectivity index (χ3v) is 2.79. The molecular weight excluding hydrogens is 204 g/mol. The summed E-state index contributed by atoms with van der Waals surface area (Å²) < 4.78 is 5.12. The van der Waals surface area contributed by atoms with Crippen molar-refractivity contribution in [3.05, 3.63) is 29.8 Å². The molecule has 1 aromatic carbocycles. The lowest BCUT2D eigenvalue weighted by atomic mass is 10.0. The molecule has 4 heteroatoms. The number of aliphatic hydroxyl groups excluding tert-OH is 1. The second-order valence-corrected chi connectivity index (χ2v) is 3.92. The van der Waals surface area contributed by atoms with Crippen molar-refractivity contribution in [3.8, 4) is 11.8 Å². The van der Waals surface area contributed by atoms with Gasteiger partial charge < -0.3 is 9.84 Å². The Balaban J connectivity index is 2.17. The van der Waals surface area contributed by atoms with Crippen molar-refractivity contribution in [1.29, 1.82) is 5.26 Å². The van der Waals surface area contributed by atoms with E-state index >= 15 is 0 Å². The average molecular weight is 218 g/mol. The highest BCUT2D eigenvalue weighted by atomic mass is 16.5. The van der Waals surface area contributed by atoms with E-state index < -0.39 is 0 Å². The van der Waals surface area contributed by atoms with Crippen molar-refractivity contribution in [2.45, 2.75) is 12.1 Å². The number of β-amino-alcohol motifs (C(OH)–C–C–N with tert-alkyl or cyclic N) is 1. The fourth-order valence-corrected chi connectivity index (χ4v) is 1.88. The average Bonchev–Trinajstić information content (AvgIpc) is 2.28. The Bertz CT molecular complexity index is 408. The van der Waals surface area contributed by atoms with Gasteiger partial charge >= 0.3 is 0 Å². The van der Waals surface area contributed by atoms with Gasteiger partial charge in [0.2, 0.25) is 0 Å². The maximum atomic E-state index is 9.23. The van der Waals surface area contributed by atoms with Gasteiger partial charge in [0.15, 0.2) is 0 Å². The minimum atomic E-state index is -0.293. The Morgan fingerprint density at radius 2 is 2.31 bits per heavy atom. The van der Waals surface area contributed by atoms with Gasteiger partial charge in [-0.3, -0.25) is 4.90 Å². The molecule has 0 aliphatic carbocycles. The molecule has 2 rings (SSSR count). The van der Waals surface area contributed by atoms with Crippen molar-refractivity contribution in [2.75, 3.05) is 20.2 Å². The van der Waals surface area contributed by atoms with Gasteiger partial charge in [0.05, 0.1) is 19.3 Å². The quantitative estimate of drug-likeness (QED) is 0.820. The zero-order valence-corrected chi connectivity index (χ0v) is 9.13. The second kappa shape index (κ2) is 4.52. The van der Waals surface area contributed by atoms with E-state index in [0.717, 1.165) is 11.3 Å². The van der Waals surface area contributed by atoms with Gasteiger partial charge in [-0.1, -0.05) is 12.1 Å². The number of likely N-dealkylation sites (tertiary alicyclic amines) is 1. The van der Waals surface area contributed by atoms with Crippen LogP contribution in [-0.4, -0.2) is 36.3 Å². The first kappa shape index (κ1) is 10.9. The van der Waals surface area contributed by atoms with Crippen LogP contribution in [0, 0.1) is 11.3 Å². The fourth-order valence-electron chi connectivity index (χ4n) is 1.88. The molecular formula is C12H14N2O2. The first-order valence-corrected chi connectivity index (χ1v) is 5.20. The summed E-state index contributed by atoms with van der Waals surface area (Å²) in [4.78, 5) is 1.94. The molecule has 1 aliphatic rings. The van der Waals surface area contributed by atoms with E-state index in [1.165, 1.54) is 0 Å². The predicted molar refractivity (Wildman–Crippen MR) is 58.9 cm³/mol. The summed E-state index contributed by atoms with van der Waals surface area (Å²) in [7, 11) is 1.61. The summed E-state index contributed by atoms with van der Waals surface area (Å²) in [5.74, 6) is 0.749. The van der Waals surface area contributed by atoms with Crippen LogP contribution >= 0.6 is 0 Å². The molecule has 84 valence electrons. The van der Waals surface area contributed by atoms with Crippen molar-refractivity contribution in [1.82, 2.24) is 4.90 Å². The van der Waals surface area contributed by atoms with Crippen LogP contribution in [0.5, 0.6) is 5.75 Å². The number of hydrogen-bond acceptors (Lipinski definition) is 4. The summed E-state index contributed by atoms with van der Waals surface area (Å²) in [6.45, 7) is 1.13. The van der Waals surface area contributed by atoms with Crippen LogP contribution in [0.2, 0.25) is 0 Å². The standard InChI is InChI=1S/C12H14N2O2/c1-16-11-4-2-3-9(5-11)12(6-13)14-7-10(15)8-14/h2-5,10,12,15H,7-8H2,1H3/t12-/m1/s1. The number of hydrogen-bond donors (Lipinski definition) is 1. The second-order valence-electron chi connectivity index (χ2n) is 3.92. The predicted octanol–water partition coefficient (Wildman–Crippen LogP) is 0.936. The Morgan fingerprint density at radius 3 is 2.88 bits per heavy atom. The first-order chi connectivity index (χ1) is 7.74. The lowest BCUT2D eigenvalue weighted by molar-refractivity contribution is -0.0127. The monoisotopic (exact) mass is 218 g/mol. The van der Waals surface area contributed by atoms with Gasteiger partial charge in [-0.05, 0) is 17.7 Å². The fraction of sp³-hybridized carbons (Fsp3) is 0.417. The van der Waals surface area contributed by atoms with Gasteiger partial charge in [0.1, 0.15) is 11.8 Å². The van der Waals surface area contributed by atoms with Crippen molar-refractivity contribution >= 4 is 0 Å². The molecule has 0 saturated carbocycles. The Hall–Kier alpha value is -1.57. The molecule has 1 saturated heterocycles. The third-order valence-electron chi connectivity index (χ3n) is 2.79.